The number of aliphatic hydroxyl groups excluding tert-OH is 3. The van der Waals surface area contributed by atoms with E-state index in [-0.39, 0.29) is 50.0 Å². The highest BCUT2D eigenvalue weighted by Gasteiger charge is 2.43. The van der Waals surface area contributed by atoms with Crippen LogP contribution in [0.2, 0.25) is 0 Å². The van der Waals surface area contributed by atoms with Gasteiger partial charge in [-0.25, -0.2) is 9.59 Å². The van der Waals surface area contributed by atoms with Crippen LogP contribution in [0, 0.1) is 0 Å². The van der Waals surface area contributed by atoms with Gasteiger partial charge in [0.2, 0.25) is 17.8 Å². The number of hydrogen-bond acceptors (Lipinski definition) is 12. The first-order chi connectivity index (χ1) is 16.2. The Kier molecular flexibility index (Phi) is 5.06. The van der Waals surface area contributed by atoms with E-state index in [0.717, 1.165) is 6.07 Å². The molecule has 1 fully saturated rings. The SMILES string of the molecule is COc1c(O)cc2c(=O)oc3c(OC)c(O[C@H]4O[C@@H](C)[C@H](O)[C@@H](O)[C@H]4O)cc4c(=O)oc1c2c34. The molecule has 2 aromatic carbocycles. The monoisotopic (exact) mass is 476 g/mol. The molecular weight excluding hydrogens is 456 g/mol. The third-order valence-electron chi connectivity index (χ3n) is 5.96. The van der Waals surface area contributed by atoms with Gasteiger partial charge < -0.3 is 48.2 Å². The standard InChI is InChI=1S/C22H20O12/c1-6-13(24)14(25)15(26)22(31-6)32-10-5-8-12-11-7(20(27)34-19(12)17(10)30-3)4-9(23)16(29-2)18(11)33-21(8)28/h4-6,13-15,22-26H,1-3H3/t6-,13-,14+,15+,22+/m0/s1. The highest BCUT2D eigenvalue weighted by Crippen LogP contribution is 2.46. The van der Waals surface area contributed by atoms with Crippen LogP contribution < -0.4 is 25.5 Å². The largest absolute Gasteiger partial charge is 0.504 e. The minimum Gasteiger partial charge on any atom is -0.504 e. The van der Waals surface area contributed by atoms with Crippen LogP contribution in [0.3, 0.4) is 0 Å². The molecule has 4 N–H and O–H groups in total. The van der Waals surface area contributed by atoms with Crippen LogP contribution in [0.4, 0.5) is 0 Å². The molecular formula is C22H20O12. The lowest BCUT2D eigenvalue weighted by Crippen LogP contribution is -2.58. The molecule has 0 amide bonds. The van der Waals surface area contributed by atoms with Gasteiger partial charge in [-0.2, -0.15) is 0 Å². The summed E-state index contributed by atoms with van der Waals surface area (Å²) >= 11 is 0. The van der Waals surface area contributed by atoms with Crippen LogP contribution in [0.15, 0.2) is 30.6 Å². The minimum absolute atomic E-state index is 0.0535. The zero-order valence-corrected chi connectivity index (χ0v) is 18.1. The number of rotatable bonds is 4. The summed E-state index contributed by atoms with van der Waals surface area (Å²) in [6.45, 7) is 1.48. The summed E-state index contributed by atoms with van der Waals surface area (Å²) in [5.74, 6) is -0.816. The number of benzene rings is 2. The van der Waals surface area contributed by atoms with Gasteiger partial charge in [-0.1, -0.05) is 0 Å². The molecule has 5 atom stereocenters. The third kappa shape index (κ3) is 3.00. The van der Waals surface area contributed by atoms with E-state index in [1.54, 1.807) is 0 Å². The van der Waals surface area contributed by atoms with Gasteiger partial charge >= 0.3 is 11.3 Å². The van der Waals surface area contributed by atoms with E-state index in [0.29, 0.717) is 0 Å². The molecule has 0 bridgehead atoms. The Morgan fingerprint density at radius 2 is 1.38 bits per heavy atom. The maximum Gasteiger partial charge on any atom is 0.344 e. The van der Waals surface area contributed by atoms with Crippen LogP contribution >= 0.6 is 0 Å². The molecule has 0 saturated carbocycles. The van der Waals surface area contributed by atoms with Crippen molar-refractivity contribution in [2.24, 2.45) is 0 Å². The number of hydrogen-bond donors (Lipinski definition) is 4. The average Bonchev–Trinajstić information content (AvgIpc) is 2.80. The number of aliphatic hydroxyl groups is 3. The van der Waals surface area contributed by atoms with Crippen molar-refractivity contribution in [1.29, 1.82) is 0 Å². The lowest BCUT2D eigenvalue weighted by atomic mass is 10.00. The minimum atomic E-state index is -1.64. The predicted molar refractivity (Wildman–Crippen MR) is 115 cm³/mol. The molecule has 3 heterocycles. The second kappa shape index (κ2) is 7.74. The number of ether oxygens (including phenoxy) is 4. The summed E-state index contributed by atoms with van der Waals surface area (Å²) in [5.41, 5.74) is -2.03. The number of aromatic hydroxyl groups is 1. The highest BCUT2D eigenvalue weighted by atomic mass is 16.7. The Bertz CT molecular complexity index is 1520. The lowest BCUT2D eigenvalue weighted by Gasteiger charge is -2.39. The van der Waals surface area contributed by atoms with E-state index < -0.39 is 47.7 Å². The van der Waals surface area contributed by atoms with Gasteiger partial charge in [-0.05, 0) is 19.1 Å². The molecule has 0 aliphatic carbocycles. The zero-order valence-electron chi connectivity index (χ0n) is 18.1. The normalized spacial score (nSPS) is 25.3. The Balaban J connectivity index is 1.80. The van der Waals surface area contributed by atoms with Crippen LogP contribution in [0.25, 0.3) is 32.7 Å². The Morgan fingerprint density at radius 3 is 1.97 bits per heavy atom. The Labute approximate surface area is 189 Å². The topological polar surface area (TPSA) is 178 Å². The van der Waals surface area contributed by atoms with Crippen molar-refractivity contribution in [3.05, 3.63) is 33.0 Å². The highest BCUT2D eigenvalue weighted by molar-refractivity contribution is 6.22. The van der Waals surface area contributed by atoms with Crippen molar-refractivity contribution in [2.45, 2.75) is 37.6 Å². The first kappa shape index (κ1) is 22.2. The fraction of sp³-hybridized carbons (Fsp3) is 0.364. The summed E-state index contributed by atoms with van der Waals surface area (Å²) < 4.78 is 32.6. The molecule has 4 aromatic rings. The first-order valence-corrected chi connectivity index (χ1v) is 10.2. The van der Waals surface area contributed by atoms with Crippen LogP contribution in [0.5, 0.6) is 23.0 Å². The van der Waals surface area contributed by atoms with E-state index >= 15 is 0 Å². The van der Waals surface area contributed by atoms with Gasteiger partial charge in [-0.15, -0.1) is 0 Å². The van der Waals surface area contributed by atoms with Crippen molar-refractivity contribution in [1.82, 2.24) is 0 Å². The second-order valence-electron chi connectivity index (χ2n) is 7.92. The molecule has 1 saturated heterocycles. The van der Waals surface area contributed by atoms with Gasteiger partial charge in [0.25, 0.3) is 0 Å². The van der Waals surface area contributed by atoms with Crippen molar-refractivity contribution in [2.75, 3.05) is 14.2 Å². The first-order valence-electron chi connectivity index (χ1n) is 10.2. The maximum absolute atomic E-state index is 12.9. The summed E-state index contributed by atoms with van der Waals surface area (Å²) in [5, 5.41) is 40.7. The van der Waals surface area contributed by atoms with Crippen LogP contribution in [-0.4, -0.2) is 65.4 Å². The van der Waals surface area contributed by atoms with E-state index in [1.807, 2.05) is 0 Å². The van der Waals surface area contributed by atoms with E-state index in [9.17, 15) is 30.0 Å². The molecule has 0 unspecified atom stereocenters. The van der Waals surface area contributed by atoms with Gasteiger partial charge in [0.05, 0.1) is 31.1 Å². The van der Waals surface area contributed by atoms with Crippen molar-refractivity contribution in [3.63, 3.8) is 0 Å². The molecule has 0 spiro atoms. The van der Waals surface area contributed by atoms with Crippen molar-refractivity contribution >= 4 is 32.7 Å². The number of phenolic OH excluding ortho intramolecular Hbond substituents is 1. The van der Waals surface area contributed by atoms with Crippen molar-refractivity contribution in [3.8, 4) is 23.0 Å². The predicted octanol–water partition coefficient (Wildman–Crippen LogP) is 0.419. The van der Waals surface area contributed by atoms with Gasteiger partial charge in [-0.3, -0.25) is 0 Å². The fourth-order valence-electron chi connectivity index (χ4n) is 4.27. The van der Waals surface area contributed by atoms with Crippen LogP contribution in [-0.2, 0) is 4.74 Å². The smallest absolute Gasteiger partial charge is 0.344 e. The van der Waals surface area contributed by atoms with E-state index in [1.165, 1.54) is 27.2 Å². The van der Waals surface area contributed by atoms with Gasteiger partial charge in [0.1, 0.15) is 18.3 Å². The lowest BCUT2D eigenvalue weighted by molar-refractivity contribution is -0.268. The summed E-state index contributed by atoms with van der Waals surface area (Å²) in [6.07, 6.45) is -6.89. The maximum atomic E-state index is 12.9. The fourth-order valence-corrected chi connectivity index (χ4v) is 4.27. The van der Waals surface area contributed by atoms with E-state index in [2.05, 4.69) is 0 Å². The molecule has 1 aliphatic rings. The van der Waals surface area contributed by atoms with E-state index in [4.69, 9.17) is 27.8 Å². The van der Waals surface area contributed by atoms with Gasteiger partial charge in [0, 0.05) is 10.8 Å². The average molecular weight is 476 g/mol. The third-order valence-corrected chi connectivity index (χ3v) is 5.96. The number of phenols is 1. The molecule has 12 heteroatoms. The molecule has 180 valence electrons. The van der Waals surface area contributed by atoms with Crippen LogP contribution in [0.1, 0.15) is 6.92 Å². The summed E-state index contributed by atoms with van der Waals surface area (Å²) in [7, 11) is 2.54. The quantitative estimate of drug-likeness (QED) is 0.236. The molecule has 2 aromatic heterocycles. The molecule has 5 rings (SSSR count). The molecule has 34 heavy (non-hydrogen) atoms. The molecule has 0 radical (unpaired) electrons. The summed E-state index contributed by atoms with van der Waals surface area (Å²) in [6, 6.07) is 2.40. The Hall–Kier alpha value is -3.58. The Morgan fingerprint density at radius 1 is 0.824 bits per heavy atom. The van der Waals surface area contributed by atoms with Gasteiger partial charge in [0.15, 0.2) is 22.7 Å². The number of methoxy groups -OCH3 is 2. The molecule has 1 aliphatic heterocycles. The second-order valence-corrected chi connectivity index (χ2v) is 7.92. The zero-order chi connectivity index (χ0) is 24.5. The van der Waals surface area contributed by atoms with Crippen molar-refractivity contribution < 1.29 is 48.2 Å². The summed E-state index contributed by atoms with van der Waals surface area (Å²) in [4.78, 5) is 25.7. The molecule has 12 nitrogen and oxygen atoms in total.